The van der Waals surface area contributed by atoms with E-state index in [4.69, 9.17) is 12.2 Å². The molecular weight excluding hydrogens is 202 g/mol. The van der Waals surface area contributed by atoms with E-state index in [2.05, 4.69) is 10.2 Å². The lowest BCUT2D eigenvalue weighted by atomic mass is 9.92. The molecule has 1 aliphatic rings. The van der Waals surface area contributed by atoms with E-state index >= 15 is 0 Å². The fraction of sp³-hybridized carbons (Fsp3) is 0.750. The van der Waals surface area contributed by atoms with Gasteiger partial charge in [0.2, 0.25) is 0 Å². The summed E-state index contributed by atoms with van der Waals surface area (Å²) in [4.78, 5) is 11.4. The summed E-state index contributed by atoms with van der Waals surface area (Å²) >= 11 is 4.97. The van der Waals surface area contributed by atoms with Crippen LogP contribution in [0.3, 0.4) is 0 Å². The van der Waals surface area contributed by atoms with Crippen LogP contribution in [0.5, 0.6) is 0 Å². The van der Waals surface area contributed by atoms with Crippen molar-refractivity contribution < 1.29 is 5.11 Å². The Morgan fingerprint density at radius 2 is 2.07 bits per heavy atom. The van der Waals surface area contributed by atoms with Crippen molar-refractivity contribution in [2.75, 3.05) is 0 Å². The molecule has 0 bridgehead atoms. The average molecular weight is 215 g/mol. The lowest BCUT2D eigenvalue weighted by Gasteiger charge is -2.27. The minimum absolute atomic E-state index is 0.161. The minimum Gasteiger partial charge on any atom is -0.391 e. The molecule has 1 saturated carbocycles. The zero-order valence-corrected chi connectivity index (χ0v) is 8.51. The van der Waals surface area contributed by atoms with Crippen molar-refractivity contribution in [1.29, 1.82) is 0 Å². The number of aromatic amines is 2. The predicted molar refractivity (Wildman–Crippen MR) is 53.7 cm³/mol. The zero-order valence-electron chi connectivity index (χ0n) is 7.69. The monoisotopic (exact) mass is 215 g/mol. The summed E-state index contributed by atoms with van der Waals surface area (Å²) in [5.41, 5.74) is -0.263. The molecule has 1 aromatic rings. The second kappa shape index (κ2) is 3.70. The van der Waals surface area contributed by atoms with E-state index in [0.717, 1.165) is 25.7 Å². The molecule has 0 radical (unpaired) electrons. The first-order valence-electron chi connectivity index (χ1n) is 4.77. The average Bonchev–Trinajstić information content (AvgIpc) is 2.48. The Bertz CT molecular complexity index is 391. The molecule has 0 amide bonds. The summed E-state index contributed by atoms with van der Waals surface area (Å²) in [5, 5.41) is 14.8. The number of rotatable bonds is 1. The number of nitrogens with one attached hydrogen (secondary N) is 2. The molecule has 1 aromatic heterocycles. The molecule has 0 aliphatic heterocycles. The Labute approximate surface area is 85.8 Å². The minimum atomic E-state index is -0.452. The van der Waals surface area contributed by atoms with Gasteiger partial charge < -0.3 is 5.11 Å². The Morgan fingerprint density at radius 1 is 1.36 bits per heavy atom. The maximum Gasteiger partial charge on any atom is 0.342 e. The third-order valence-electron chi connectivity index (χ3n) is 2.74. The smallest absolute Gasteiger partial charge is 0.342 e. The fourth-order valence-corrected chi connectivity index (χ4v) is 2.28. The first-order chi connectivity index (χ1) is 6.70. The molecule has 5 nitrogen and oxygen atoms in total. The number of hydrogen-bond donors (Lipinski definition) is 3. The lowest BCUT2D eigenvalue weighted by Crippen LogP contribution is -2.33. The highest BCUT2D eigenvalue weighted by Crippen LogP contribution is 2.27. The van der Waals surface area contributed by atoms with Crippen molar-refractivity contribution in [3.05, 3.63) is 15.3 Å². The molecule has 2 unspecified atom stereocenters. The molecule has 2 atom stereocenters. The highest BCUT2D eigenvalue weighted by molar-refractivity contribution is 7.71. The third kappa shape index (κ3) is 1.55. The summed E-state index contributed by atoms with van der Waals surface area (Å²) in [6, 6.07) is -0.161. The molecule has 1 fully saturated rings. The van der Waals surface area contributed by atoms with E-state index in [1.165, 1.54) is 4.57 Å². The predicted octanol–water partition coefficient (Wildman–Crippen LogP) is 0.710. The third-order valence-corrected chi connectivity index (χ3v) is 3.04. The van der Waals surface area contributed by atoms with Crippen molar-refractivity contribution in [3.63, 3.8) is 0 Å². The van der Waals surface area contributed by atoms with E-state index in [9.17, 15) is 9.90 Å². The molecule has 14 heavy (non-hydrogen) atoms. The van der Waals surface area contributed by atoms with Crippen molar-refractivity contribution in [1.82, 2.24) is 14.8 Å². The van der Waals surface area contributed by atoms with Gasteiger partial charge in [-0.2, -0.15) is 0 Å². The molecule has 1 heterocycles. The van der Waals surface area contributed by atoms with E-state index < -0.39 is 6.10 Å². The molecular formula is C8H13N3O2S. The molecule has 3 N–H and O–H groups in total. The van der Waals surface area contributed by atoms with Gasteiger partial charge in [-0.3, -0.25) is 9.67 Å². The fourth-order valence-electron chi connectivity index (χ4n) is 2.01. The largest absolute Gasteiger partial charge is 0.391 e. The first kappa shape index (κ1) is 9.67. The number of aromatic nitrogens is 3. The highest BCUT2D eigenvalue weighted by Gasteiger charge is 2.26. The quantitative estimate of drug-likeness (QED) is 0.604. The van der Waals surface area contributed by atoms with Crippen LogP contribution in [0.1, 0.15) is 31.7 Å². The number of hydrogen-bond acceptors (Lipinski definition) is 3. The van der Waals surface area contributed by atoms with Crippen molar-refractivity contribution >= 4 is 12.2 Å². The molecule has 0 spiro atoms. The highest BCUT2D eigenvalue weighted by atomic mass is 32.1. The summed E-state index contributed by atoms with van der Waals surface area (Å²) in [7, 11) is 0. The normalized spacial score (nSPS) is 27.8. The van der Waals surface area contributed by atoms with Crippen LogP contribution in [0.2, 0.25) is 0 Å². The SMILES string of the molecule is O=c1[nH][nH]c(=S)n1C1CCCCC1O. The van der Waals surface area contributed by atoms with Crippen LogP contribution in [0.15, 0.2) is 4.79 Å². The molecule has 6 heteroatoms. The van der Waals surface area contributed by atoms with E-state index in [-0.39, 0.29) is 11.7 Å². The second-order valence-electron chi connectivity index (χ2n) is 3.65. The Kier molecular flexibility index (Phi) is 2.56. The summed E-state index contributed by atoms with van der Waals surface area (Å²) in [6.07, 6.45) is 3.17. The number of aliphatic hydroxyl groups is 1. The van der Waals surface area contributed by atoms with Crippen molar-refractivity contribution in [2.45, 2.75) is 37.8 Å². The number of aliphatic hydroxyl groups excluding tert-OH is 1. The van der Waals surface area contributed by atoms with Crippen LogP contribution in [-0.2, 0) is 0 Å². The first-order valence-corrected chi connectivity index (χ1v) is 5.18. The van der Waals surface area contributed by atoms with Gasteiger partial charge >= 0.3 is 5.69 Å². The van der Waals surface area contributed by atoms with Crippen LogP contribution in [0.4, 0.5) is 0 Å². The van der Waals surface area contributed by atoms with Crippen LogP contribution in [0.25, 0.3) is 0 Å². The number of H-pyrrole nitrogens is 2. The van der Waals surface area contributed by atoms with Crippen LogP contribution in [0, 0.1) is 4.77 Å². The maximum absolute atomic E-state index is 11.4. The molecule has 1 aliphatic carbocycles. The lowest BCUT2D eigenvalue weighted by molar-refractivity contribution is 0.0732. The summed E-state index contributed by atoms with van der Waals surface area (Å²) in [5.74, 6) is 0. The number of nitrogens with zero attached hydrogens (tertiary/aromatic N) is 1. The van der Waals surface area contributed by atoms with Crippen LogP contribution < -0.4 is 5.69 Å². The molecule has 0 aromatic carbocycles. The Balaban J connectivity index is 2.38. The molecule has 0 saturated heterocycles. The van der Waals surface area contributed by atoms with Crippen LogP contribution >= 0.6 is 12.2 Å². The topological polar surface area (TPSA) is 73.8 Å². The maximum atomic E-state index is 11.4. The Morgan fingerprint density at radius 3 is 2.64 bits per heavy atom. The van der Waals surface area contributed by atoms with Gasteiger partial charge in [-0.05, 0) is 25.1 Å². The Hall–Kier alpha value is -0.880. The van der Waals surface area contributed by atoms with E-state index in [1.807, 2.05) is 0 Å². The van der Waals surface area contributed by atoms with Gasteiger partial charge in [-0.15, -0.1) is 0 Å². The summed E-state index contributed by atoms with van der Waals surface area (Å²) in [6.45, 7) is 0. The van der Waals surface area contributed by atoms with E-state index in [0.29, 0.717) is 4.77 Å². The molecule has 78 valence electrons. The van der Waals surface area contributed by atoms with Gasteiger partial charge in [0.15, 0.2) is 4.77 Å². The zero-order chi connectivity index (χ0) is 10.1. The van der Waals surface area contributed by atoms with Crippen molar-refractivity contribution in [2.24, 2.45) is 0 Å². The summed E-state index contributed by atoms with van der Waals surface area (Å²) < 4.78 is 1.81. The standard InChI is InChI=1S/C8H13N3O2S/c12-6-4-2-1-3-5(6)11-7(13)9-10-8(11)14/h5-6,12H,1-4H2,(H,9,13)(H,10,14). The van der Waals surface area contributed by atoms with Gasteiger partial charge in [0, 0.05) is 0 Å². The van der Waals surface area contributed by atoms with Crippen molar-refractivity contribution in [3.8, 4) is 0 Å². The van der Waals surface area contributed by atoms with Gasteiger partial charge in [0.05, 0.1) is 12.1 Å². The molecule has 2 rings (SSSR count). The second-order valence-corrected chi connectivity index (χ2v) is 4.04. The van der Waals surface area contributed by atoms with Gasteiger partial charge in [0.25, 0.3) is 0 Å². The van der Waals surface area contributed by atoms with E-state index in [1.54, 1.807) is 0 Å². The van der Waals surface area contributed by atoms with Gasteiger partial charge in [0.1, 0.15) is 0 Å². The van der Waals surface area contributed by atoms with Crippen LogP contribution in [-0.4, -0.2) is 26.0 Å². The van der Waals surface area contributed by atoms with Gasteiger partial charge in [-0.25, -0.2) is 9.89 Å². The van der Waals surface area contributed by atoms with Gasteiger partial charge in [-0.1, -0.05) is 12.8 Å².